The normalized spacial score (nSPS) is 12.2. The maximum atomic E-state index is 12.1. The summed E-state index contributed by atoms with van der Waals surface area (Å²) in [5.74, 6) is 1.91. The van der Waals surface area contributed by atoms with Gasteiger partial charge in [-0.2, -0.15) is 11.8 Å². The Balaban J connectivity index is 2.57. The van der Waals surface area contributed by atoms with Gasteiger partial charge in [0.15, 0.2) is 0 Å². The third-order valence-electron chi connectivity index (χ3n) is 2.71. The van der Waals surface area contributed by atoms with Crippen LogP contribution in [0.5, 0.6) is 0 Å². The highest BCUT2D eigenvalue weighted by Crippen LogP contribution is 2.16. The Kier molecular flexibility index (Phi) is 6.01. The van der Waals surface area contributed by atoms with E-state index in [4.69, 9.17) is 11.5 Å². The molecule has 0 aromatic heterocycles. The molecule has 4 nitrogen and oxygen atoms in total. The van der Waals surface area contributed by atoms with Crippen molar-refractivity contribution in [1.29, 1.82) is 0 Å². The number of amides is 1. The van der Waals surface area contributed by atoms with Gasteiger partial charge in [-0.3, -0.25) is 4.79 Å². The fraction of sp³-hybridized carbons (Fsp3) is 0.462. The molecule has 0 bridgehead atoms. The summed E-state index contributed by atoms with van der Waals surface area (Å²) in [6, 6.07) is 6.75. The van der Waals surface area contributed by atoms with Crippen molar-refractivity contribution in [2.45, 2.75) is 19.4 Å². The molecule has 0 aliphatic heterocycles. The zero-order chi connectivity index (χ0) is 13.5. The quantitative estimate of drug-likeness (QED) is 0.608. The highest BCUT2D eigenvalue weighted by atomic mass is 32.2. The highest BCUT2D eigenvalue weighted by Gasteiger charge is 2.18. The number of carbonyl (C=O) groups is 1. The molecule has 5 heteroatoms. The lowest BCUT2D eigenvalue weighted by Crippen LogP contribution is -2.42. The Labute approximate surface area is 113 Å². The molecule has 4 N–H and O–H groups in total. The zero-order valence-electron chi connectivity index (χ0n) is 10.9. The number of anilines is 2. The van der Waals surface area contributed by atoms with Gasteiger partial charge in [-0.25, -0.2) is 0 Å². The van der Waals surface area contributed by atoms with E-state index in [9.17, 15) is 4.79 Å². The molecule has 0 spiro atoms. The second kappa shape index (κ2) is 7.28. The van der Waals surface area contributed by atoms with Gasteiger partial charge < -0.3 is 16.4 Å². The van der Waals surface area contributed by atoms with Crippen LogP contribution < -0.4 is 16.4 Å². The van der Waals surface area contributed by atoms with Crippen LogP contribution in [0.1, 0.15) is 13.3 Å². The fourth-order valence-electron chi connectivity index (χ4n) is 1.55. The van der Waals surface area contributed by atoms with Gasteiger partial charge in [0.2, 0.25) is 5.91 Å². The molecule has 1 amide bonds. The van der Waals surface area contributed by atoms with Crippen LogP contribution in [0.15, 0.2) is 24.3 Å². The van der Waals surface area contributed by atoms with Crippen molar-refractivity contribution in [3.05, 3.63) is 24.3 Å². The Morgan fingerprint density at radius 3 is 2.56 bits per heavy atom. The van der Waals surface area contributed by atoms with Gasteiger partial charge >= 0.3 is 0 Å². The average Bonchev–Trinajstić information content (AvgIpc) is 2.38. The van der Waals surface area contributed by atoms with E-state index >= 15 is 0 Å². The standard InChI is InChI=1S/C13H21N3OS/c1-3-18-9-8-12(15)13(17)16(2)11-6-4-10(14)5-7-11/h4-7,12H,3,8-9,14-15H2,1-2H3/t12-/m0/s1. The first-order chi connectivity index (χ1) is 8.56. The van der Waals surface area contributed by atoms with Crippen LogP contribution in [0.3, 0.4) is 0 Å². The van der Waals surface area contributed by atoms with Crippen molar-refractivity contribution in [3.63, 3.8) is 0 Å². The molecule has 0 heterocycles. The van der Waals surface area contributed by atoms with Crippen LogP contribution in [-0.4, -0.2) is 30.5 Å². The molecule has 1 aromatic rings. The van der Waals surface area contributed by atoms with E-state index in [1.165, 1.54) is 0 Å². The molecule has 0 saturated heterocycles. The molecule has 18 heavy (non-hydrogen) atoms. The summed E-state index contributed by atoms with van der Waals surface area (Å²) >= 11 is 1.80. The van der Waals surface area contributed by atoms with E-state index in [0.717, 1.165) is 17.2 Å². The number of hydrogen-bond donors (Lipinski definition) is 2. The minimum atomic E-state index is -0.438. The smallest absolute Gasteiger partial charge is 0.243 e. The van der Waals surface area contributed by atoms with Crippen LogP contribution in [-0.2, 0) is 4.79 Å². The minimum Gasteiger partial charge on any atom is -0.399 e. The summed E-state index contributed by atoms with van der Waals surface area (Å²) in [6.45, 7) is 2.10. The predicted molar refractivity (Wildman–Crippen MR) is 79.9 cm³/mol. The summed E-state index contributed by atoms with van der Waals surface area (Å²) in [6.07, 6.45) is 0.705. The number of benzene rings is 1. The van der Waals surface area contributed by atoms with E-state index in [-0.39, 0.29) is 5.91 Å². The van der Waals surface area contributed by atoms with Gasteiger partial charge in [-0.1, -0.05) is 6.92 Å². The zero-order valence-corrected chi connectivity index (χ0v) is 11.7. The molecule has 0 aliphatic rings. The molecule has 1 rings (SSSR count). The fourth-order valence-corrected chi connectivity index (χ4v) is 2.26. The lowest BCUT2D eigenvalue weighted by molar-refractivity contribution is -0.119. The van der Waals surface area contributed by atoms with Crippen LogP contribution in [0, 0.1) is 0 Å². The van der Waals surface area contributed by atoms with Crippen molar-refractivity contribution in [2.24, 2.45) is 5.73 Å². The molecule has 100 valence electrons. The first-order valence-electron chi connectivity index (χ1n) is 6.02. The monoisotopic (exact) mass is 267 g/mol. The lowest BCUT2D eigenvalue weighted by Gasteiger charge is -2.21. The molecule has 0 radical (unpaired) electrons. The van der Waals surface area contributed by atoms with Crippen LogP contribution in [0.25, 0.3) is 0 Å². The first-order valence-corrected chi connectivity index (χ1v) is 7.18. The second-order valence-electron chi connectivity index (χ2n) is 4.08. The van der Waals surface area contributed by atoms with Gasteiger partial charge in [-0.15, -0.1) is 0 Å². The molecule has 1 aromatic carbocycles. The van der Waals surface area contributed by atoms with E-state index in [2.05, 4.69) is 6.92 Å². The summed E-state index contributed by atoms with van der Waals surface area (Å²) in [5.41, 5.74) is 13.0. The van der Waals surface area contributed by atoms with Crippen LogP contribution in [0.4, 0.5) is 11.4 Å². The number of thioether (sulfide) groups is 1. The molecule has 0 unspecified atom stereocenters. The van der Waals surface area contributed by atoms with E-state index in [1.807, 2.05) is 12.1 Å². The van der Waals surface area contributed by atoms with Crippen molar-refractivity contribution in [2.75, 3.05) is 29.2 Å². The molecule has 0 fully saturated rings. The summed E-state index contributed by atoms with van der Waals surface area (Å²) in [5, 5.41) is 0. The number of nitrogens with two attached hydrogens (primary N) is 2. The number of hydrogen-bond acceptors (Lipinski definition) is 4. The highest BCUT2D eigenvalue weighted by molar-refractivity contribution is 7.99. The lowest BCUT2D eigenvalue weighted by atomic mass is 10.2. The second-order valence-corrected chi connectivity index (χ2v) is 5.47. The largest absolute Gasteiger partial charge is 0.399 e. The predicted octanol–water partition coefficient (Wildman–Crippen LogP) is 1.70. The summed E-state index contributed by atoms with van der Waals surface area (Å²) < 4.78 is 0. The molecular formula is C13H21N3OS. The molecule has 0 aliphatic carbocycles. The molecule has 1 atom stereocenters. The third-order valence-corrected chi connectivity index (χ3v) is 3.64. The average molecular weight is 267 g/mol. The SMILES string of the molecule is CCSCC[C@H](N)C(=O)N(C)c1ccc(N)cc1. The van der Waals surface area contributed by atoms with E-state index < -0.39 is 6.04 Å². The number of carbonyl (C=O) groups excluding carboxylic acids is 1. The van der Waals surface area contributed by atoms with Crippen molar-refractivity contribution < 1.29 is 4.79 Å². The third kappa shape index (κ3) is 4.23. The van der Waals surface area contributed by atoms with Crippen LogP contribution >= 0.6 is 11.8 Å². The Hall–Kier alpha value is -1.20. The molecular weight excluding hydrogens is 246 g/mol. The minimum absolute atomic E-state index is 0.0588. The maximum Gasteiger partial charge on any atom is 0.243 e. The number of nitrogen functional groups attached to an aromatic ring is 1. The number of nitrogens with zero attached hydrogens (tertiary/aromatic N) is 1. The number of rotatable bonds is 6. The van der Waals surface area contributed by atoms with E-state index in [0.29, 0.717) is 12.1 Å². The van der Waals surface area contributed by atoms with Crippen molar-refractivity contribution in [3.8, 4) is 0 Å². The topological polar surface area (TPSA) is 72.4 Å². The van der Waals surface area contributed by atoms with Crippen LogP contribution in [0.2, 0.25) is 0 Å². The summed E-state index contributed by atoms with van der Waals surface area (Å²) in [7, 11) is 1.74. The van der Waals surface area contributed by atoms with Gasteiger partial charge in [0.1, 0.15) is 0 Å². The van der Waals surface area contributed by atoms with Gasteiger partial charge in [0.25, 0.3) is 0 Å². The molecule has 0 saturated carbocycles. The van der Waals surface area contributed by atoms with Gasteiger partial charge in [-0.05, 0) is 42.2 Å². The maximum absolute atomic E-state index is 12.1. The first kappa shape index (κ1) is 14.9. The van der Waals surface area contributed by atoms with E-state index in [1.54, 1.807) is 35.8 Å². The van der Waals surface area contributed by atoms with Gasteiger partial charge in [0.05, 0.1) is 6.04 Å². The number of likely N-dealkylation sites (N-methyl/N-ethyl adjacent to an activating group) is 1. The Morgan fingerprint density at radius 1 is 1.39 bits per heavy atom. The van der Waals surface area contributed by atoms with Gasteiger partial charge in [0, 0.05) is 18.4 Å². The Morgan fingerprint density at radius 2 is 2.00 bits per heavy atom. The Bertz CT molecular complexity index is 380. The van der Waals surface area contributed by atoms with Crippen molar-refractivity contribution >= 4 is 29.0 Å². The summed E-state index contributed by atoms with van der Waals surface area (Å²) in [4.78, 5) is 13.7. The van der Waals surface area contributed by atoms with Crippen molar-refractivity contribution in [1.82, 2.24) is 0 Å².